The average Bonchev–Trinajstić information content (AvgIpc) is 3.16. The average molecular weight is 442 g/mol. The minimum Gasteiger partial charge on any atom is -0.291 e. The number of hydrogen-bond donors (Lipinski definition) is 1. The summed E-state index contributed by atoms with van der Waals surface area (Å²) in [6.07, 6.45) is 3.32. The SMILES string of the molecule is CNS(=O)(=O)c1sc(N(C)C(=O)Cc2ccc(-c3cncc(C#N)c3)cc2)nc1C. The van der Waals surface area contributed by atoms with Crippen molar-refractivity contribution >= 4 is 32.4 Å². The van der Waals surface area contributed by atoms with Gasteiger partial charge in [0.1, 0.15) is 6.07 Å². The van der Waals surface area contributed by atoms with Crippen molar-refractivity contribution in [1.29, 1.82) is 5.26 Å². The van der Waals surface area contributed by atoms with Crippen molar-refractivity contribution < 1.29 is 13.2 Å². The highest BCUT2D eigenvalue weighted by molar-refractivity contribution is 7.91. The highest BCUT2D eigenvalue weighted by Crippen LogP contribution is 2.29. The molecular weight excluding hydrogens is 422 g/mol. The molecule has 0 atom stereocenters. The molecule has 3 rings (SSSR count). The quantitative estimate of drug-likeness (QED) is 0.628. The first-order valence-electron chi connectivity index (χ1n) is 8.87. The van der Waals surface area contributed by atoms with Gasteiger partial charge in [-0.15, -0.1) is 0 Å². The first-order valence-corrected chi connectivity index (χ1v) is 11.2. The van der Waals surface area contributed by atoms with Crippen molar-refractivity contribution in [1.82, 2.24) is 14.7 Å². The fraction of sp³-hybridized carbons (Fsp3) is 0.200. The van der Waals surface area contributed by atoms with E-state index >= 15 is 0 Å². The second kappa shape index (κ2) is 8.71. The van der Waals surface area contributed by atoms with Crippen LogP contribution in [-0.2, 0) is 21.2 Å². The number of rotatable bonds is 6. The van der Waals surface area contributed by atoms with Gasteiger partial charge in [0.25, 0.3) is 10.0 Å². The Kier molecular flexibility index (Phi) is 6.26. The number of pyridine rings is 1. The van der Waals surface area contributed by atoms with Crippen LogP contribution >= 0.6 is 11.3 Å². The van der Waals surface area contributed by atoms with Gasteiger partial charge in [0.15, 0.2) is 9.34 Å². The lowest BCUT2D eigenvalue weighted by atomic mass is 10.0. The normalized spacial score (nSPS) is 11.1. The topological polar surface area (TPSA) is 116 Å². The van der Waals surface area contributed by atoms with E-state index in [1.165, 1.54) is 18.1 Å². The number of sulfonamides is 1. The molecule has 1 amide bonds. The minimum atomic E-state index is -3.62. The third kappa shape index (κ3) is 4.54. The van der Waals surface area contributed by atoms with Crippen molar-refractivity contribution in [2.24, 2.45) is 0 Å². The van der Waals surface area contributed by atoms with Gasteiger partial charge in [0.05, 0.1) is 17.7 Å². The van der Waals surface area contributed by atoms with E-state index < -0.39 is 10.0 Å². The number of anilines is 1. The first kappa shape index (κ1) is 21.6. The van der Waals surface area contributed by atoms with Crippen LogP contribution in [0.4, 0.5) is 5.13 Å². The van der Waals surface area contributed by atoms with Gasteiger partial charge >= 0.3 is 0 Å². The number of nitrogens with zero attached hydrogens (tertiary/aromatic N) is 4. The molecule has 0 fully saturated rings. The minimum absolute atomic E-state index is 0.0946. The molecule has 0 aliphatic rings. The van der Waals surface area contributed by atoms with E-state index in [0.717, 1.165) is 28.0 Å². The lowest BCUT2D eigenvalue weighted by molar-refractivity contribution is -0.117. The van der Waals surface area contributed by atoms with Gasteiger partial charge in [-0.25, -0.2) is 18.1 Å². The summed E-state index contributed by atoms with van der Waals surface area (Å²) in [7, 11) is -0.714. The predicted octanol–water partition coefficient (Wildman–Crippen LogP) is 2.50. The number of benzene rings is 1. The Morgan fingerprint density at radius 3 is 2.57 bits per heavy atom. The van der Waals surface area contributed by atoms with Crippen LogP contribution in [0.5, 0.6) is 0 Å². The Morgan fingerprint density at radius 1 is 1.23 bits per heavy atom. The molecule has 1 aromatic carbocycles. The van der Waals surface area contributed by atoms with Gasteiger partial charge in [-0.1, -0.05) is 35.6 Å². The van der Waals surface area contributed by atoms with Crippen LogP contribution in [0.25, 0.3) is 11.1 Å². The fourth-order valence-corrected chi connectivity index (χ4v) is 5.04. The van der Waals surface area contributed by atoms with E-state index in [2.05, 4.69) is 20.8 Å². The van der Waals surface area contributed by atoms with Crippen molar-refractivity contribution in [3.05, 3.63) is 59.5 Å². The second-order valence-corrected chi connectivity index (χ2v) is 9.54. The number of thiazole rings is 1. The van der Waals surface area contributed by atoms with Crippen LogP contribution in [0.15, 0.2) is 46.9 Å². The first-order chi connectivity index (χ1) is 14.2. The molecule has 10 heteroatoms. The summed E-state index contributed by atoms with van der Waals surface area (Å²) >= 11 is 0.951. The van der Waals surface area contributed by atoms with Crippen LogP contribution in [-0.4, -0.2) is 38.4 Å². The Hall–Kier alpha value is -3.13. The van der Waals surface area contributed by atoms with Gasteiger partial charge in [-0.2, -0.15) is 5.26 Å². The number of carbonyl (C=O) groups is 1. The Labute approximate surface area is 178 Å². The van der Waals surface area contributed by atoms with E-state index in [4.69, 9.17) is 5.26 Å². The molecule has 0 saturated carbocycles. The summed E-state index contributed by atoms with van der Waals surface area (Å²) in [6.45, 7) is 1.59. The largest absolute Gasteiger partial charge is 0.291 e. The van der Waals surface area contributed by atoms with E-state index in [-0.39, 0.29) is 16.5 Å². The molecule has 0 saturated heterocycles. The molecule has 8 nitrogen and oxygen atoms in total. The Balaban J connectivity index is 1.74. The van der Waals surface area contributed by atoms with Crippen LogP contribution in [0.2, 0.25) is 0 Å². The molecule has 2 heterocycles. The zero-order valence-electron chi connectivity index (χ0n) is 16.6. The van der Waals surface area contributed by atoms with Gasteiger partial charge < -0.3 is 0 Å². The summed E-state index contributed by atoms with van der Waals surface area (Å²) in [6, 6.07) is 11.2. The standard InChI is InChI=1S/C20H19N5O3S2/c1-13-19(30(27,28)22-2)29-20(24-13)25(3)18(26)9-14-4-6-16(7-5-14)17-8-15(10-21)11-23-12-17/h4-8,11-12,22H,9H2,1-3H3. The fourth-order valence-electron chi connectivity index (χ4n) is 2.73. The zero-order valence-corrected chi connectivity index (χ0v) is 18.2. The lowest BCUT2D eigenvalue weighted by Crippen LogP contribution is -2.27. The summed E-state index contributed by atoms with van der Waals surface area (Å²) in [5, 5.41) is 9.32. The van der Waals surface area contributed by atoms with E-state index in [1.54, 1.807) is 26.2 Å². The van der Waals surface area contributed by atoms with Crippen molar-refractivity contribution in [2.45, 2.75) is 17.6 Å². The molecule has 0 aliphatic carbocycles. The van der Waals surface area contributed by atoms with Crippen LogP contribution in [0.3, 0.4) is 0 Å². The highest BCUT2D eigenvalue weighted by atomic mass is 32.2. The highest BCUT2D eigenvalue weighted by Gasteiger charge is 2.23. The molecule has 0 aliphatic heterocycles. The van der Waals surface area contributed by atoms with Gasteiger partial charge in [0, 0.05) is 25.0 Å². The van der Waals surface area contributed by atoms with Gasteiger partial charge in [-0.05, 0) is 31.2 Å². The Morgan fingerprint density at radius 2 is 1.93 bits per heavy atom. The molecule has 0 spiro atoms. The van der Waals surface area contributed by atoms with Gasteiger partial charge in [-0.3, -0.25) is 14.7 Å². The summed E-state index contributed by atoms with van der Waals surface area (Å²) in [5.74, 6) is -0.210. The second-order valence-electron chi connectivity index (χ2n) is 6.48. The molecular formula is C20H19N5O3S2. The van der Waals surface area contributed by atoms with Crippen molar-refractivity contribution in [2.75, 3.05) is 19.0 Å². The number of aromatic nitrogens is 2. The molecule has 2 aromatic heterocycles. The monoisotopic (exact) mass is 441 g/mol. The van der Waals surface area contributed by atoms with Crippen LogP contribution in [0.1, 0.15) is 16.8 Å². The zero-order chi connectivity index (χ0) is 21.9. The van der Waals surface area contributed by atoms with Crippen LogP contribution in [0, 0.1) is 18.3 Å². The lowest BCUT2D eigenvalue weighted by Gasteiger charge is -2.14. The van der Waals surface area contributed by atoms with Crippen molar-refractivity contribution in [3.8, 4) is 17.2 Å². The Bertz CT molecular complexity index is 1230. The van der Waals surface area contributed by atoms with E-state index in [1.807, 2.05) is 24.3 Å². The van der Waals surface area contributed by atoms with E-state index in [0.29, 0.717) is 16.4 Å². The summed E-state index contributed by atoms with van der Waals surface area (Å²) in [4.78, 5) is 22.3. The van der Waals surface area contributed by atoms with Crippen molar-refractivity contribution in [3.63, 3.8) is 0 Å². The number of nitrogens with one attached hydrogen (secondary N) is 1. The molecule has 154 valence electrons. The van der Waals surface area contributed by atoms with Crippen LogP contribution < -0.4 is 9.62 Å². The maximum Gasteiger partial charge on any atom is 0.251 e. The molecule has 1 N–H and O–H groups in total. The molecule has 0 unspecified atom stereocenters. The van der Waals surface area contributed by atoms with E-state index in [9.17, 15) is 13.2 Å². The summed E-state index contributed by atoms with van der Waals surface area (Å²) in [5.41, 5.74) is 3.34. The maximum atomic E-state index is 12.7. The maximum absolute atomic E-state index is 12.7. The molecule has 0 radical (unpaired) electrons. The molecule has 3 aromatic rings. The summed E-state index contributed by atoms with van der Waals surface area (Å²) < 4.78 is 26.4. The molecule has 30 heavy (non-hydrogen) atoms. The number of nitriles is 1. The number of carbonyl (C=O) groups excluding carboxylic acids is 1. The third-order valence-electron chi connectivity index (χ3n) is 4.43. The number of likely N-dealkylation sites (N-methyl/N-ethyl adjacent to an activating group) is 1. The predicted molar refractivity (Wildman–Crippen MR) is 115 cm³/mol. The third-order valence-corrected chi connectivity index (χ3v) is 7.68. The number of hydrogen-bond acceptors (Lipinski definition) is 7. The van der Waals surface area contributed by atoms with Gasteiger partial charge in [0.2, 0.25) is 5.91 Å². The molecule has 0 bridgehead atoms. The number of amides is 1. The number of aryl methyl sites for hydroxylation is 1. The smallest absolute Gasteiger partial charge is 0.251 e.